The Morgan fingerprint density at radius 3 is 1.30 bits per heavy atom. The Morgan fingerprint density at radius 2 is 1.00 bits per heavy atom. The van der Waals surface area contributed by atoms with Gasteiger partial charge in [-0.05, 0) is 60.2 Å². The first kappa shape index (κ1) is 37.5. The van der Waals surface area contributed by atoms with E-state index < -0.39 is 11.3 Å². The van der Waals surface area contributed by atoms with Crippen LogP contribution in [-0.4, -0.2) is 69.3 Å². The molecule has 2 saturated heterocycles. The smallest absolute Gasteiger partial charge is 0.269 e. The van der Waals surface area contributed by atoms with Gasteiger partial charge in [0.25, 0.3) is 11.8 Å². The molecule has 2 fully saturated rings. The van der Waals surface area contributed by atoms with Gasteiger partial charge in [0.1, 0.15) is 0 Å². The Labute approximate surface area is 287 Å². The zero-order valence-corrected chi connectivity index (χ0v) is 30.2. The highest BCUT2D eigenvalue weighted by atomic mass is 32.1. The van der Waals surface area contributed by atoms with Gasteiger partial charge in [0.05, 0.1) is 0 Å². The molecule has 4 N–H and O–H groups in total. The van der Waals surface area contributed by atoms with Crippen LogP contribution in [0.15, 0.2) is 60.7 Å². The van der Waals surface area contributed by atoms with Crippen molar-refractivity contribution in [3.8, 4) is 0 Å². The van der Waals surface area contributed by atoms with Gasteiger partial charge < -0.3 is 10.6 Å². The van der Waals surface area contributed by atoms with Gasteiger partial charge in [0.2, 0.25) is 0 Å². The molecule has 2 aliphatic heterocycles. The van der Waals surface area contributed by atoms with Crippen LogP contribution in [0.3, 0.4) is 0 Å². The van der Waals surface area contributed by atoms with Gasteiger partial charge in [-0.3, -0.25) is 30.0 Å². The second kappa shape index (κ2) is 17.8. The molecule has 0 unspecified atom stereocenters. The Morgan fingerprint density at radius 1 is 0.652 bits per heavy atom. The average Bonchev–Trinajstić information content (AvgIpc) is 3.40. The van der Waals surface area contributed by atoms with E-state index in [0.29, 0.717) is 48.0 Å². The molecule has 4 rings (SSSR count). The lowest BCUT2D eigenvalue weighted by molar-refractivity contribution is -0.133. The van der Waals surface area contributed by atoms with Crippen LogP contribution in [0.5, 0.6) is 0 Å². The molecule has 0 spiro atoms. The molecule has 8 nitrogen and oxygen atoms in total. The third kappa shape index (κ3) is 10.0. The summed E-state index contributed by atoms with van der Waals surface area (Å²) in [6, 6.07) is 20.2. The molecule has 0 saturated carbocycles. The number of benzene rings is 2. The van der Waals surface area contributed by atoms with E-state index in [-0.39, 0.29) is 11.8 Å². The molecule has 0 bridgehead atoms. The summed E-state index contributed by atoms with van der Waals surface area (Å²) in [6.45, 7) is 15.7. The van der Waals surface area contributed by atoms with E-state index in [2.05, 4.69) is 62.8 Å². The minimum atomic E-state index is -0.823. The van der Waals surface area contributed by atoms with Crippen LogP contribution in [0.1, 0.15) is 78.4 Å². The molecule has 2 amide bonds. The zero-order valence-electron chi connectivity index (χ0n) is 28.5. The van der Waals surface area contributed by atoms with E-state index in [1.54, 1.807) is 9.80 Å². The summed E-state index contributed by atoms with van der Waals surface area (Å²) in [6.07, 6.45) is 5.16. The Hall–Kier alpha value is -2.92. The molecule has 2 aliphatic rings. The van der Waals surface area contributed by atoms with Crippen molar-refractivity contribution in [3.63, 3.8) is 0 Å². The maximum Gasteiger partial charge on any atom is 0.269 e. The normalized spacial score (nSPS) is 21.1. The Balaban J connectivity index is 0.000000250. The summed E-state index contributed by atoms with van der Waals surface area (Å²) in [7, 11) is 0. The van der Waals surface area contributed by atoms with Crippen LogP contribution >= 0.6 is 24.4 Å². The van der Waals surface area contributed by atoms with Crippen LogP contribution in [0.25, 0.3) is 0 Å². The second-order valence-corrected chi connectivity index (χ2v) is 13.9. The summed E-state index contributed by atoms with van der Waals surface area (Å²) in [4.78, 5) is 29.6. The number of nitrogens with zero attached hydrogens (tertiary/aromatic N) is 2. The number of carbonyl (C=O) groups is 2. The van der Waals surface area contributed by atoms with Gasteiger partial charge in [-0.2, -0.15) is 0 Å². The number of nitrogens with one attached hydrogen (secondary N) is 4. The van der Waals surface area contributed by atoms with E-state index in [9.17, 15) is 9.59 Å². The molecule has 0 aliphatic carbocycles. The third-order valence-corrected chi connectivity index (χ3v) is 8.72. The fourth-order valence-corrected chi connectivity index (χ4v) is 6.15. The molecule has 10 heteroatoms. The fraction of sp³-hybridized carbons (Fsp3) is 0.556. The van der Waals surface area contributed by atoms with Crippen LogP contribution < -0.4 is 21.3 Å². The van der Waals surface area contributed by atoms with Gasteiger partial charge in [0, 0.05) is 39.0 Å². The quantitative estimate of drug-likeness (QED) is 0.178. The molecule has 2 aromatic rings. The minimum absolute atomic E-state index is 0.0421. The summed E-state index contributed by atoms with van der Waals surface area (Å²) in [5.41, 5.74) is 0.585. The number of thiocarbonyl (C=S) groups is 2. The first-order valence-electron chi connectivity index (χ1n) is 16.8. The van der Waals surface area contributed by atoms with Crippen molar-refractivity contribution in [3.05, 3.63) is 71.8 Å². The molecular formula is C36H54N6O2S2. The topological polar surface area (TPSA) is 88.7 Å². The molecule has 2 heterocycles. The largest absolute Gasteiger partial charge is 0.336 e. The lowest BCUT2D eigenvalue weighted by Gasteiger charge is -2.29. The molecule has 46 heavy (non-hydrogen) atoms. The number of unbranched alkanes of at least 4 members (excludes halogenated alkanes) is 2. The maximum atomic E-state index is 13.1. The van der Waals surface area contributed by atoms with Crippen LogP contribution in [0.2, 0.25) is 0 Å². The number of amides is 2. The van der Waals surface area contributed by atoms with Crippen LogP contribution in [-0.2, 0) is 22.4 Å². The van der Waals surface area contributed by atoms with Gasteiger partial charge >= 0.3 is 0 Å². The van der Waals surface area contributed by atoms with Gasteiger partial charge in [-0.25, -0.2) is 0 Å². The highest BCUT2D eigenvalue weighted by Gasteiger charge is 2.50. The van der Waals surface area contributed by atoms with Crippen molar-refractivity contribution in [2.24, 2.45) is 11.8 Å². The van der Waals surface area contributed by atoms with E-state index in [4.69, 9.17) is 24.4 Å². The average molecular weight is 667 g/mol. The van der Waals surface area contributed by atoms with E-state index in [0.717, 1.165) is 49.9 Å². The molecule has 2 aromatic carbocycles. The Kier molecular flexibility index (Phi) is 14.6. The zero-order chi connectivity index (χ0) is 33.7. The molecule has 0 radical (unpaired) electrons. The highest BCUT2D eigenvalue weighted by Crippen LogP contribution is 2.23. The first-order chi connectivity index (χ1) is 22.0. The third-order valence-electron chi connectivity index (χ3n) is 8.07. The number of hydrogen-bond donors (Lipinski definition) is 4. The number of carbonyl (C=O) groups excluding carboxylic acids is 2. The predicted molar refractivity (Wildman–Crippen MR) is 196 cm³/mol. The number of hydrogen-bond acceptors (Lipinski definition) is 6. The predicted octanol–water partition coefficient (Wildman–Crippen LogP) is 5.38. The molecule has 252 valence electrons. The van der Waals surface area contributed by atoms with Crippen LogP contribution in [0.4, 0.5) is 0 Å². The van der Waals surface area contributed by atoms with Gasteiger partial charge in [-0.15, -0.1) is 0 Å². The van der Waals surface area contributed by atoms with Crippen molar-refractivity contribution in [1.82, 2.24) is 31.1 Å². The van der Waals surface area contributed by atoms with Crippen molar-refractivity contribution in [1.29, 1.82) is 0 Å². The van der Waals surface area contributed by atoms with Crippen LogP contribution in [0, 0.1) is 11.8 Å². The minimum Gasteiger partial charge on any atom is -0.336 e. The highest BCUT2D eigenvalue weighted by molar-refractivity contribution is 7.80. The molecule has 0 aromatic heterocycles. The van der Waals surface area contributed by atoms with E-state index in [1.165, 1.54) is 0 Å². The summed E-state index contributed by atoms with van der Waals surface area (Å²) in [5, 5.41) is 14.5. The number of rotatable bonds is 16. The molecular weight excluding hydrogens is 613 g/mol. The van der Waals surface area contributed by atoms with Crippen molar-refractivity contribution in [2.45, 2.75) is 91.4 Å². The summed E-state index contributed by atoms with van der Waals surface area (Å²) >= 11 is 10.9. The SMILES string of the molecule is CCCCN1C(=O)[C@@](Cc2ccccc2)(NCC(C)C)NC1=S.CCCCN1C(=O)[C@](Cc2ccccc2)(NCC(C)C)NC1=S. The van der Waals surface area contributed by atoms with Gasteiger partial charge in [-0.1, -0.05) is 115 Å². The first-order valence-corrected chi connectivity index (χ1v) is 17.6. The van der Waals surface area contributed by atoms with E-state index >= 15 is 0 Å². The molecule has 2 atom stereocenters. The standard InChI is InChI=1S/2C18H27N3OS/c2*1-4-5-11-21-16(22)18(20-17(21)23,19-13-14(2)3)12-15-9-7-6-8-10-15/h2*6-10,14,19H,4-5,11-13H2,1-3H3,(H,20,23)/t2*18-/m10/s1. The lowest BCUT2D eigenvalue weighted by atomic mass is 9.98. The van der Waals surface area contributed by atoms with Crippen molar-refractivity contribution < 1.29 is 9.59 Å². The maximum absolute atomic E-state index is 13.1. The fourth-order valence-electron chi connectivity index (χ4n) is 5.46. The van der Waals surface area contributed by atoms with Crippen molar-refractivity contribution in [2.75, 3.05) is 26.2 Å². The van der Waals surface area contributed by atoms with Gasteiger partial charge in [0.15, 0.2) is 21.6 Å². The summed E-state index contributed by atoms with van der Waals surface area (Å²) in [5.74, 6) is 0.993. The lowest BCUT2D eigenvalue weighted by Crippen LogP contribution is -2.61. The summed E-state index contributed by atoms with van der Waals surface area (Å²) < 4.78 is 0. The van der Waals surface area contributed by atoms with Crippen molar-refractivity contribution >= 4 is 46.5 Å². The van der Waals surface area contributed by atoms with E-state index in [1.807, 2.05) is 60.7 Å². The monoisotopic (exact) mass is 666 g/mol. The Bertz CT molecular complexity index is 1190. The second-order valence-electron chi connectivity index (χ2n) is 13.2.